The van der Waals surface area contributed by atoms with Crippen LogP contribution in [0.25, 0.3) is 0 Å². The first kappa shape index (κ1) is 13.3. The average molecular weight is 269 g/mol. The van der Waals surface area contributed by atoms with E-state index in [4.69, 9.17) is 15.3 Å². The van der Waals surface area contributed by atoms with Crippen molar-refractivity contribution in [1.82, 2.24) is 10.3 Å². The summed E-state index contributed by atoms with van der Waals surface area (Å²) in [6.07, 6.45) is 4.38. The predicted molar refractivity (Wildman–Crippen MR) is 68.9 cm³/mol. The van der Waals surface area contributed by atoms with Crippen molar-refractivity contribution >= 4 is 5.97 Å². The molecule has 1 atom stereocenters. The van der Waals surface area contributed by atoms with Crippen molar-refractivity contribution in [2.24, 2.45) is 11.3 Å². The quantitative estimate of drug-likeness (QED) is 0.426. The topological polar surface area (TPSA) is 76.8 Å². The number of carbonyl (C=O) groups is 1. The van der Waals surface area contributed by atoms with Gasteiger partial charge in [-0.25, -0.2) is 0 Å². The molecule has 3 rings (SSSR count). The van der Waals surface area contributed by atoms with Gasteiger partial charge in [0.1, 0.15) is 0 Å². The summed E-state index contributed by atoms with van der Waals surface area (Å²) < 4.78 is 10.6. The Labute approximate surface area is 113 Å². The maximum Gasteiger partial charge on any atom is 0.304 e. The highest BCUT2D eigenvalue weighted by Gasteiger charge is 2.59. The van der Waals surface area contributed by atoms with Crippen LogP contribution in [-0.2, 0) is 14.3 Å². The second-order valence-corrected chi connectivity index (χ2v) is 6.19. The number of hydrazine groups is 1. The largest absolute Gasteiger partial charge is 0.435 e. The first-order valence-corrected chi connectivity index (χ1v) is 7.12. The molecule has 0 aromatic heterocycles. The minimum Gasteiger partial charge on any atom is -0.435 e. The number of nitrogens with one attached hydrogen (secondary N) is 1. The number of carbonyl (C=O) groups excluding carboxylic acids is 1. The van der Waals surface area contributed by atoms with E-state index in [9.17, 15) is 4.79 Å². The number of hydrogen-bond acceptors (Lipinski definition) is 6. The normalized spacial score (nSPS) is 37.5. The maximum atomic E-state index is 11.0. The van der Waals surface area contributed by atoms with Crippen molar-refractivity contribution in [2.75, 3.05) is 19.7 Å². The number of ether oxygens (including phenoxy) is 2. The van der Waals surface area contributed by atoms with Gasteiger partial charge in [0.25, 0.3) is 0 Å². The molecule has 1 unspecified atom stereocenters. The van der Waals surface area contributed by atoms with Gasteiger partial charge in [0, 0.05) is 32.1 Å². The molecule has 3 fully saturated rings. The molecule has 0 aromatic rings. The van der Waals surface area contributed by atoms with Gasteiger partial charge in [-0.05, 0) is 25.7 Å². The number of nitrogens with two attached hydrogens (primary N) is 1. The van der Waals surface area contributed by atoms with Gasteiger partial charge in [-0.1, -0.05) is 0 Å². The van der Waals surface area contributed by atoms with Crippen molar-refractivity contribution in [3.8, 4) is 0 Å². The van der Waals surface area contributed by atoms with Gasteiger partial charge in [-0.2, -0.15) is 0 Å². The first-order valence-electron chi connectivity index (χ1n) is 7.12. The zero-order chi connectivity index (χ0) is 13.5. The number of rotatable bonds is 3. The van der Waals surface area contributed by atoms with Gasteiger partial charge in [0.05, 0.1) is 12.0 Å². The molecule has 19 heavy (non-hydrogen) atoms. The van der Waals surface area contributed by atoms with Crippen LogP contribution in [0.2, 0.25) is 0 Å². The molecule has 2 saturated heterocycles. The lowest BCUT2D eigenvalue weighted by Crippen LogP contribution is -2.73. The summed E-state index contributed by atoms with van der Waals surface area (Å²) in [6.45, 7) is 4.15. The standard InChI is InChI=1S/C13H23N3O3/c1-9(17)19-12-13(8-18-12)6-16(7-13)11-4-2-10(15-14)3-5-11/h10-12,15H,2-8,14H2,1H3. The van der Waals surface area contributed by atoms with Crippen molar-refractivity contribution in [3.05, 3.63) is 0 Å². The van der Waals surface area contributed by atoms with E-state index in [2.05, 4.69) is 10.3 Å². The van der Waals surface area contributed by atoms with Gasteiger partial charge in [-0.3, -0.25) is 21.0 Å². The molecule has 2 aliphatic heterocycles. The zero-order valence-electron chi connectivity index (χ0n) is 11.4. The summed E-state index contributed by atoms with van der Waals surface area (Å²) in [5, 5.41) is 0. The SMILES string of the molecule is CC(=O)OC1OCC12CN(C1CCC(NN)CC1)C2. The Morgan fingerprint density at radius 3 is 2.53 bits per heavy atom. The Bertz CT molecular complexity index is 349. The molecule has 3 N–H and O–H groups in total. The first-order chi connectivity index (χ1) is 9.13. The summed E-state index contributed by atoms with van der Waals surface area (Å²) in [7, 11) is 0. The van der Waals surface area contributed by atoms with Gasteiger partial charge >= 0.3 is 5.97 Å². The fourth-order valence-electron chi connectivity index (χ4n) is 3.57. The summed E-state index contributed by atoms with van der Waals surface area (Å²) in [5.74, 6) is 5.23. The van der Waals surface area contributed by atoms with Gasteiger partial charge in [0.15, 0.2) is 0 Å². The third kappa shape index (κ3) is 2.38. The smallest absolute Gasteiger partial charge is 0.304 e. The second kappa shape index (κ2) is 5.01. The summed E-state index contributed by atoms with van der Waals surface area (Å²) in [6, 6.07) is 1.14. The van der Waals surface area contributed by atoms with Crippen LogP contribution in [0.3, 0.4) is 0 Å². The van der Waals surface area contributed by atoms with Crippen molar-refractivity contribution in [3.63, 3.8) is 0 Å². The Morgan fingerprint density at radius 1 is 1.37 bits per heavy atom. The molecule has 108 valence electrons. The molecule has 6 heteroatoms. The van der Waals surface area contributed by atoms with E-state index in [1.165, 1.54) is 19.8 Å². The molecule has 3 aliphatic rings. The van der Waals surface area contributed by atoms with Crippen LogP contribution in [0.4, 0.5) is 0 Å². The molecule has 0 radical (unpaired) electrons. The minimum atomic E-state index is -0.316. The van der Waals surface area contributed by atoms with Gasteiger partial charge in [-0.15, -0.1) is 0 Å². The number of esters is 1. The van der Waals surface area contributed by atoms with Gasteiger partial charge < -0.3 is 9.47 Å². The van der Waals surface area contributed by atoms with E-state index < -0.39 is 0 Å². The fourth-order valence-corrected chi connectivity index (χ4v) is 3.57. The monoisotopic (exact) mass is 269 g/mol. The maximum absolute atomic E-state index is 11.0. The van der Waals surface area contributed by atoms with E-state index in [0.29, 0.717) is 12.1 Å². The summed E-state index contributed by atoms with van der Waals surface area (Å²) in [5.41, 5.74) is 2.95. The fraction of sp³-hybridized carbons (Fsp3) is 0.923. The van der Waals surface area contributed by atoms with Crippen LogP contribution in [0.1, 0.15) is 32.6 Å². The Kier molecular flexibility index (Phi) is 3.51. The molecular weight excluding hydrogens is 246 g/mol. The molecule has 0 aromatic carbocycles. The van der Waals surface area contributed by atoms with Crippen LogP contribution in [0.5, 0.6) is 0 Å². The van der Waals surface area contributed by atoms with Crippen LogP contribution in [0, 0.1) is 5.41 Å². The number of hydrogen-bond donors (Lipinski definition) is 2. The van der Waals surface area contributed by atoms with E-state index in [1.807, 2.05) is 0 Å². The lowest BCUT2D eigenvalue weighted by Gasteiger charge is -2.60. The van der Waals surface area contributed by atoms with E-state index >= 15 is 0 Å². The predicted octanol–water partition coefficient (Wildman–Crippen LogP) is -0.0177. The van der Waals surface area contributed by atoms with Crippen LogP contribution >= 0.6 is 0 Å². The van der Waals surface area contributed by atoms with Crippen molar-refractivity contribution in [1.29, 1.82) is 0 Å². The molecule has 0 bridgehead atoms. The van der Waals surface area contributed by atoms with Crippen LogP contribution in [0.15, 0.2) is 0 Å². The zero-order valence-corrected chi connectivity index (χ0v) is 11.4. The molecule has 2 heterocycles. The average Bonchev–Trinajstić information content (AvgIpc) is 2.34. The number of nitrogens with zero attached hydrogens (tertiary/aromatic N) is 1. The molecule has 6 nitrogen and oxygen atoms in total. The van der Waals surface area contributed by atoms with E-state index in [-0.39, 0.29) is 17.7 Å². The molecule has 1 spiro atoms. The highest BCUT2D eigenvalue weighted by molar-refractivity contribution is 5.66. The van der Waals surface area contributed by atoms with Gasteiger partial charge in [0.2, 0.25) is 6.29 Å². The molecular formula is C13H23N3O3. The van der Waals surface area contributed by atoms with E-state index in [0.717, 1.165) is 32.5 Å². The Morgan fingerprint density at radius 2 is 2.05 bits per heavy atom. The highest BCUT2D eigenvalue weighted by atomic mass is 16.7. The molecule has 0 amide bonds. The third-order valence-electron chi connectivity index (χ3n) is 4.78. The lowest BCUT2D eigenvalue weighted by molar-refractivity contribution is -0.335. The van der Waals surface area contributed by atoms with Crippen LogP contribution < -0.4 is 11.3 Å². The Hall–Kier alpha value is -0.690. The van der Waals surface area contributed by atoms with Crippen LogP contribution in [-0.4, -0.2) is 48.9 Å². The summed E-state index contributed by atoms with van der Waals surface area (Å²) >= 11 is 0. The minimum absolute atomic E-state index is 0.0780. The number of likely N-dealkylation sites (tertiary alicyclic amines) is 1. The van der Waals surface area contributed by atoms with E-state index in [1.54, 1.807) is 0 Å². The molecule has 1 saturated carbocycles. The second-order valence-electron chi connectivity index (χ2n) is 6.19. The third-order valence-corrected chi connectivity index (χ3v) is 4.78. The van der Waals surface area contributed by atoms with Crippen molar-refractivity contribution in [2.45, 2.75) is 51.0 Å². The van der Waals surface area contributed by atoms with Crippen molar-refractivity contribution < 1.29 is 14.3 Å². The Balaban J connectivity index is 1.46. The lowest BCUT2D eigenvalue weighted by atomic mass is 9.73. The summed E-state index contributed by atoms with van der Waals surface area (Å²) in [4.78, 5) is 13.5. The molecule has 1 aliphatic carbocycles. The highest BCUT2D eigenvalue weighted by Crippen LogP contribution is 2.46.